The lowest BCUT2D eigenvalue weighted by Gasteiger charge is -2.01. The van der Waals surface area contributed by atoms with E-state index in [0.717, 1.165) is 0 Å². The summed E-state index contributed by atoms with van der Waals surface area (Å²) in [5.41, 5.74) is 0. The molecule has 0 saturated carbocycles. The minimum atomic E-state index is -1.10. The van der Waals surface area contributed by atoms with Crippen molar-refractivity contribution in [2.24, 2.45) is 0 Å². The van der Waals surface area contributed by atoms with Crippen LogP contribution >= 0.6 is 0 Å². The summed E-state index contributed by atoms with van der Waals surface area (Å²) in [6.07, 6.45) is -1.50. The Labute approximate surface area is 52.1 Å². The molecule has 0 fully saturated rings. The van der Waals surface area contributed by atoms with Crippen molar-refractivity contribution in [3.05, 3.63) is 0 Å². The predicted octanol–water partition coefficient (Wildman–Crippen LogP) is 0.182. The van der Waals surface area contributed by atoms with Gasteiger partial charge in [-0.3, -0.25) is 9.18 Å². The Hall–Kier alpha value is -0.640. The number of aliphatic hydroxyl groups is 1. The highest BCUT2D eigenvalue weighted by atomic mass is 19.1. The van der Waals surface area contributed by atoms with Crippen molar-refractivity contribution in [3.8, 4) is 0 Å². The Kier molecular flexibility index (Phi) is 3.96. The number of hydrogen-bond acceptors (Lipinski definition) is 2. The number of aliphatic hydroxyl groups excluding tert-OH is 1. The van der Waals surface area contributed by atoms with Crippen molar-refractivity contribution in [3.63, 3.8) is 0 Å². The van der Waals surface area contributed by atoms with Gasteiger partial charge in [-0.05, 0) is 0 Å². The Balaban J connectivity index is 3.26. The van der Waals surface area contributed by atoms with Crippen molar-refractivity contribution in [1.29, 1.82) is 0 Å². The van der Waals surface area contributed by atoms with Crippen molar-refractivity contribution < 1.29 is 19.4 Å². The van der Waals surface area contributed by atoms with E-state index in [2.05, 4.69) is 0 Å². The quantitative estimate of drug-likeness (QED) is 0.579. The summed E-state index contributed by atoms with van der Waals surface area (Å²) in [5, 5.41) is 16.6. The molecular formula is C5H9FO3. The van der Waals surface area contributed by atoms with Gasteiger partial charge in [0.05, 0.1) is 19.2 Å². The lowest BCUT2D eigenvalue weighted by atomic mass is 10.2. The van der Waals surface area contributed by atoms with E-state index in [4.69, 9.17) is 10.2 Å². The van der Waals surface area contributed by atoms with Gasteiger partial charge in [-0.25, -0.2) is 0 Å². The summed E-state index contributed by atoms with van der Waals surface area (Å²) in [7, 11) is 0. The highest BCUT2D eigenvalue weighted by Gasteiger charge is 2.07. The molecule has 1 atom stereocenters. The molecule has 9 heavy (non-hydrogen) atoms. The van der Waals surface area contributed by atoms with Crippen LogP contribution in [-0.2, 0) is 4.79 Å². The fourth-order valence-electron chi connectivity index (χ4n) is 0.430. The first-order valence-electron chi connectivity index (χ1n) is 2.62. The van der Waals surface area contributed by atoms with Crippen LogP contribution in [0.15, 0.2) is 0 Å². The number of rotatable bonds is 4. The standard InChI is InChI=1S/C5H9FO3/c6-2-1-4(7)3-5(8)9/h4,7H,1-3H2,(H,8,9)/t4-/m0/s1. The molecule has 0 aromatic heterocycles. The Morgan fingerprint density at radius 1 is 1.67 bits per heavy atom. The first-order chi connectivity index (χ1) is 4.16. The van der Waals surface area contributed by atoms with E-state index in [9.17, 15) is 9.18 Å². The molecule has 0 amide bonds. The SMILES string of the molecule is O=C(O)C[C@@H](O)CCF. The third kappa shape index (κ3) is 5.23. The summed E-state index contributed by atoms with van der Waals surface area (Å²) in [6.45, 7) is -0.672. The van der Waals surface area contributed by atoms with Gasteiger partial charge < -0.3 is 10.2 Å². The average molecular weight is 136 g/mol. The first kappa shape index (κ1) is 8.36. The maximum Gasteiger partial charge on any atom is 0.305 e. The van der Waals surface area contributed by atoms with Crippen LogP contribution in [0.1, 0.15) is 12.8 Å². The smallest absolute Gasteiger partial charge is 0.305 e. The van der Waals surface area contributed by atoms with Gasteiger partial charge in [-0.1, -0.05) is 0 Å². The van der Waals surface area contributed by atoms with E-state index in [1.54, 1.807) is 0 Å². The minimum absolute atomic E-state index is 0.0910. The number of hydrogen-bond donors (Lipinski definition) is 2. The molecule has 0 unspecified atom stereocenters. The Bertz CT molecular complexity index is 94.2. The number of carboxylic acid groups (broad SMARTS) is 1. The zero-order valence-electron chi connectivity index (χ0n) is 4.88. The lowest BCUT2D eigenvalue weighted by Crippen LogP contribution is -2.13. The van der Waals surface area contributed by atoms with Crippen molar-refractivity contribution >= 4 is 5.97 Å². The Morgan fingerprint density at radius 3 is 2.56 bits per heavy atom. The van der Waals surface area contributed by atoms with E-state index in [1.165, 1.54) is 0 Å². The van der Waals surface area contributed by atoms with Gasteiger partial charge >= 0.3 is 5.97 Å². The fraction of sp³-hybridized carbons (Fsp3) is 0.800. The van der Waals surface area contributed by atoms with Crippen LogP contribution in [0.5, 0.6) is 0 Å². The molecule has 0 saturated heterocycles. The highest BCUT2D eigenvalue weighted by molar-refractivity contribution is 5.67. The maximum absolute atomic E-state index is 11.3. The third-order valence-electron chi connectivity index (χ3n) is 0.853. The average Bonchev–Trinajstić information content (AvgIpc) is 1.63. The molecule has 4 heteroatoms. The van der Waals surface area contributed by atoms with E-state index in [0.29, 0.717) is 0 Å². The van der Waals surface area contributed by atoms with Gasteiger partial charge in [0.1, 0.15) is 0 Å². The van der Waals surface area contributed by atoms with Gasteiger partial charge in [0.25, 0.3) is 0 Å². The molecule has 0 rings (SSSR count). The first-order valence-corrected chi connectivity index (χ1v) is 2.62. The van der Waals surface area contributed by atoms with Crippen LogP contribution in [0.2, 0.25) is 0 Å². The monoisotopic (exact) mass is 136 g/mol. The molecule has 0 aliphatic carbocycles. The number of alkyl halides is 1. The molecule has 0 aromatic carbocycles. The van der Waals surface area contributed by atoms with E-state index >= 15 is 0 Å². The van der Waals surface area contributed by atoms with Crippen molar-refractivity contribution in [1.82, 2.24) is 0 Å². The van der Waals surface area contributed by atoms with Gasteiger partial charge in [0.15, 0.2) is 0 Å². The minimum Gasteiger partial charge on any atom is -0.481 e. The molecule has 0 radical (unpaired) electrons. The molecule has 0 spiro atoms. The number of carboxylic acids is 1. The number of halogens is 1. The summed E-state index contributed by atoms with van der Waals surface area (Å²) in [5.74, 6) is -1.10. The zero-order chi connectivity index (χ0) is 7.28. The second-order valence-corrected chi connectivity index (χ2v) is 1.73. The molecular weight excluding hydrogens is 127 g/mol. The fourth-order valence-corrected chi connectivity index (χ4v) is 0.430. The van der Waals surface area contributed by atoms with Gasteiger partial charge in [-0.15, -0.1) is 0 Å². The highest BCUT2D eigenvalue weighted by Crippen LogP contribution is 1.96. The third-order valence-corrected chi connectivity index (χ3v) is 0.853. The van der Waals surface area contributed by atoms with E-state index in [-0.39, 0.29) is 12.8 Å². The molecule has 2 N–H and O–H groups in total. The molecule has 0 aromatic rings. The second-order valence-electron chi connectivity index (χ2n) is 1.73. The predicted molar refractivity (Wildman–Crippen MR) is 28.9 cm³/mol. The maximum atomic E-state index is 11.3. The van der Waals surface area contributed by atoms with Crippen molar-refractivity contribution in [2.75, 3.05) is 6.67 Å². The van der Waals surface area contributed by atoms with Gasteiger partial charge in [-0.2, -0.15) is 0 Å². The molecule has 0 heterocycles. The van der Waals surface area contributed by atoms with Crippen LogP contribution < -0.4 is 0 Å². The topological polar surface area (TPSA) is 57.5 Å². The Morgan fingerprint density at radius 2 is 2.22 bits per heavy atom. The van der Waals surface area contributed by atoms with E-state index < -0.39 is 18.7 Å². The number of carbonyl (C=O) groups is 1. The van der Waals surface area contributed by atoms with Crippen LogP contribution in [0.3, 0.4) is 0 Å². The molecule has 0 aliphatic heterocycles. The summed E-state index contributed by atoms with van der Waals surface area (Å²) in [6, 6.07) is 0. The van der Waals surface area contributed by atoms with Gasteiger partial charge in [0, 0.05) is 6.42 Å². The summed E-state index contributed by atoms with van der Waals surface area (Å²) in [4.78, 5) is 9.80. The van der Waals surface area contributed by atoms with Crippen LogP contribution in [0.4, 0.5) is 4.39 Å². The molecule has 54 valence electrons. The molecule has 3 nitrogen and oxygen atoms in total. The largest absolute Gasteiger partial charge is 0.481 e. The van der Waals surface area contributed by atoms with Crippen LogP contribution in [-0.4, -0.2) is 29.0 Å². The van der Waals surface area contributed by atoms with E-state index in [1.807, 2.05) is 0 Å². The summed E-state index contributed by atoms with van der Waals surface area (Å²) >= 11 is 0. The zero-order valence-corrected chi connectivity index (χ0v) is 4.88. The lowest BCUT2D eigenvalue weighted by molar-refractivity contribution is -0.139. The second kappa shape index (κ2) is 4.26. The van der Waals surface area contributed by atoms with Crippen LogP contribution in [0, 0.1) is 0 Å². The van der Waals surface area contributed by atoms with Gasteiger partial charge in [0.2, 0.25) is 0 Å². The van der Waals surface area contributed by atoms with Crippen LogP contribution in [0.25, 0.3) is 0 Å². The molecule has 0 bridgehead atoms. The summed E-state index contributed by atoms with van der Waals surface area (Å²) < 4.78 is 11.3. The molecule has 0 aliphatic rings. The number of aliphatic carboxylic acids is 1. The van der Waals surface area contributed by atoms with Crippen molar-refractivity contribution in [2.45, 2.75) is 18.9 Å². The normalized spacial score (nSPS) is 13.1.